The predicted octanol–water partition coefficient (Wildman–Crippen LogP) is 3.62. The van der Waals surface area contributed by atoms with E-state index in [2.05, 4.69) is 5.32 Å². The maximum absolute atomic E-state index is 12.0. The molecule has 0 radical (unpaired) electrons. The van der Waals surface area contributed by atoms with Crippen molar-refractivity contribution in [3.63, 3.8) is 0 Å². The molecule has 18 heavy (non-hydrogen) atoms. The molecule has 0 aromatic heterocycles. The van der Waals surface area contributed by atoms with E-state index < -0.39 is 0 Å². The summed E-state index contributed by atoms with van der Waals surface area (Å²) in [4.78, 5) is 12.0. The molecule has 3 N–H and O–H groups in total. The Bertz CT molecular complexity index is 435. The van der Waals surface area contributed by atoms with Gasteiger partial charge >= 0.3 is 0 Å². The van der Waals surface area contributed by atoms with Crippen molar-refractivity contribution in [3.05, 3.63) is 27.7 Å². The number of amides is 1. The molecule has 5 heteroatoms. The Labute approximate surface area is 118 Å². The van der Waals surface area contributed by atoms with Gasteiger partial charge in [-0.05, 0) is 25.0 Å². The fraction of sp³-hybridized carbons (Fsp3) is 0.462. The predicted molar refractivity (Wildman–Crippen MR) is 77.3 cm³/mol. The normalized spacial score (nSPS) is 12.3. The van der Waals surface area contributed by atoms with Crippen LogP contribution in [0, 0.1) is 12.8 Å². The Morgan fingerprint density at radius 1 is 1.44 bits per heavy atom. The first-order valence-electron chi connectivity index (χ1n) is 5.96. The molecule has 0 saturated heterocycles. The van der Waals surface area contributed by atoms with Crippen molar-refractivity contribution in [1.29, 1.82) is 0 Å². The molecule has 1 amide bonds. The van der Waals surface area contributed by atoms with Gasteiger partial charge < -0.3 is 11.1 Å². The Morgan fingerprint density at radius 3 is 2.67 bits per heavy atom. The van der Waals surface area contributed by atoms with Gasteiger partial charge in [0.25, 0.3) is 0 Å². The van der Waals surface area contributed by atoms with E-state index in [1.165, 1.54) is 0 Å². The highest BCUT2D eigenvalue weighted by Crippen LogP contribution is 2.33. The minimum absolute atomic E-state index is 0.131. The zero-order valence-electron chi connectivity index (χ0n) is 10.6. The maximum Gasteiger partial charge on any atom is 0.228 e. The zero-order chi connectivity index (χ0) is 13.7. The second-order valence-corrected chi connectivity index (χ2v) is 5.05. The molecule has 0 spiro atoms. The number of hydrogen-bond acceptors (Lipinski definition) is 2. The fourth-order valence-electron chi connectivity index (χ4n) is 1.70. The highest BCUT2D eigenvalue weighted by atomic mass is 35.5. The van der Waals surface area contributed by atoms with E-state index in [4.69, 9.17) is 28.9 Å². The van der Waals surface area contributed by atoms with E-state index in [9.17, 15) is 4.79 Å². The van der Waals surface area contributed by atoms with Crippen molar-refractivity contribution in [2.75, 3.05) is 11.9 Å². The van der Waals surface area contributed by atoms with Crippen LogP contribution in [0.2, 0.25) is 10.0 Å². The lowest BCUT2D eigenvalue weighted by molar-refractivity contribution is -0.119. The fourth-order valence-corrected chi connectivity index (χ4v) is 2.17. The van der Waals surface area contributed by atoms with Crippen molar-refractivity contribution < 1.29 is 4.79 Å². The lowest BCUT2D eigenvalue weighted by Gasteiger charge is -2.16. The van der Waals surface area contributed by atoms with Crippen molar-refractivity contribution in [2.45, 2.75) is 26.7 Å². The second kappa shape index (κ2) is 6.98. The number of benzene rings is 1. The third-order valence-corrected chi connectivity index (χ3v) is 3.63. The van der Waals surface area contributed by atoms with Crippen LogP contribution in [-0.2, 0) is 4.79 Å². The lowest BCUT2D eigenvalue weighted by Crippen LogP contribution is -2.29. The van der Waals surface area contributed by atoms with E-state index in [0.29, 0.717) is 22.3 Å². The SMILES string of the molecule is CCCC(CN)C(=O)Nc1c(Cl)ccc(C)c1Cl. The number of rotatable bonds is 5. The number of halogens is 2. The minimum Gasteiger partial charge on any atom is -0.330 e. The van der Waals surface area contributed by atoms with Gasteiger partial charge in [0.1, 0.15) is 0 Å². The molecule has 0 fully saturated rings. The molecule has 100 valence electrons. The minimum atomic E-state index is -0.206. The molecule has 0 heterocycles. The first-order chi connectivity index (χ1) is 8.51. The molecule has 0 aliphatic rings. The average Bonchev–Trinajstić information content (AvgIpc) is 2.36. The third kappa shape index (κ3) is 3.61. The van der Waals surface area contributed by atoms with Crippen molar-refractivity contribution in [2.24, 2.45) is 11.7 Å². The molecule has 1 aromatic carbocycles. The monoisotopic (exact) mass is 288 g/mol. The number of anilines is 1. The Kier molecular flexibility index (Phi) is 5.93. The van der Waals surface area contributed by atoms with Crippen LogP contribution in [-0.4, -0.2) is 12.5 Å². The van der Waals surface area contributed by atoms with Crippen LogP contribution in [0.25, 0.3) is 0 Å². The topological polar surface area (TPSA) is 55.1 Å². The summed E-state index contributed by atoms with van der Waals surface area (Å²) in [7, 11) is 0. The van der Waals surface area contributed by atoms with Crippen molar-refractivity contribution in [3.8, 4) is 0 Å². The van der Waals surface area contributed by atoms with Gasteiger partial charge in [0.05, 0.1) is 21.7 Å². The molecule has 1 atom stereocenters. The van der Waals surface area contributed by atoms with E-state index in [0.717, 1.165) is 18.4 Å². The van der Waals surface area contributed by atoms with Crippen LogP contribution in [0.4, 0.5) is 5.69 Å². The Hall–Kier alpha value is -0.770. The summed E-state index contributed by atoms with van der Waals surface area (Å²) < 4.78 is 0. The molecule has 1 unspecified atom stereocenters. The summed E-state index contributed by atoms with van der Waals surface area (Å²) in [6.45, 7) is 4.20. The molecule has 3 nitrogen and oxygen atoms in total. The zero-order valence-corrected chi connectivity index (χ0v) is 12.1. The van der Waals surface area contributed by atoms with Gasteiger partial charge in [-0.15, -0.1) is 0 Å². The quantitative estimate of drug-likeness (QED) is 0.870. The summed E-state index contributed by atoms with van der Waals surface area (Å²) in [6.07, 6.45) is 1.66. The Morgan fingerprint density at radius 2 is 2.11 bits per heavy atom. The number of hydrogen-bond donors (Lipinski definition) is 2. The van der Waals surface area contributed by atoms with Gasteiger partial charge in [-0.1, -0.05) is 42.6 Å². The summed E-state index contributed by atoms with van der Waals surface area (Å²) >= 11 is 12.2. The van der Waals surface area contributed by atoms with Gasteiger partial charge in [-0.3, -0.25) is 4.79 Å². The molecule has 1 rings (SSSR count). The number of aryl methyl sites for hydroxylation is 1. The summed E-state index contributed by atoms with van der Waals surface area (Å²) in [5.74, 6) is -0.337. The van der Waals surface area contributed by atoms with E-state index >= 15 is 0 Å². The lowest BCUT2D eigenvalue weighted by atomic mass is 10.0. The largest absolute Gasteiger partial charge is 0.330 e. The standard InChI is InChI=1S/C13H18Cl2N2O/c1-3-4-9(7-16)13(18)17-12-10(14)6-5-8(2)11(12)15/h5-6,9H,3-4,7,16H2,1-2H3,(H,17,18). The van der Waals surface area contributed by atoms with Crippen molar-refractivity contribution >= 4 is 34.8 Å². The van der Waals surface area contributed by atoms with Gasteiger partial charge in [0, 0.05) is 6.54 Å². The Balaban J connectivity index is 2.90. The van der Waals surface area contributed by atoms with E-state index in [1.54, 1.807) is 6.07 Å². The van der Waals surface area contributed by atoms with Crippen LogP contribution in [0.3, 0.4) is 0 Å². The molecular weight excluding hydrogens is 271 g/mol. The molecular formula is C13H18Cl2N2O. The summed E-state index contributed by atoms with van der Waals surface area (Å²) in [5, 5.41) is 3.68. The van der Waals surface area contributed by atoms with Gasteiger partial charge in [0.2, 0.25) is 5.91 Å². The molecule has 1 aromatic rings. The molecule has 0 aliphatic heterocycles. The highest BCUT2D eigenvalue weighted by molar-refractivity contribution is 6.40. The van der Waals surface area contributed by atoms with Crippen LogP contribution in [0.5, 0.6) is 0 Å². The van der Waals surface area contributed by atoms with Crippen LogP contribution in [0.1, 0.15) is 25.3 Å². The van der Waals surface area contributed by atoms with Gasteiger partial charge in [-0.25, -0.2) is 0 Å². The summed E-state index contributed by atoms with van der Waals surface area (Å²) in [5.41, 5.74) is 6.93. The van der Waals surface area contributed by atoms with E-state index in [1.807, 2.05) is 19.9 Å². The first-order valence-corrected chi connectivity index (χ1v) is 6.72. The average molecular weight is 289 g/mol. The first kappa shape index (κ1) is 15.3. The number of carbonyl (C=O) groups excluding carboxylic acids is 1. The molecule has 0 aliphatic carbocycles. The summed E-state index contributed by atoms with van der Waals surface area (Å²) in [6, 6.07) is 3.53. The van der Waals surface area contributed by atoms with E-state index in [-0.39, 0.29) is 11.8 Å². The van der Waals surface area contributed by atoms with Gasteiger partial charge in [-0.2, -0.15) is 0 Å². The number of carbonyl (C=O) groups is 1. The highest BCUT2D eigenvalue weighted by Gasteiger charge is 2.18. The van der Waals surface area contributed by atoms with Gasteiger partial charge in [0.15, 0.2) is 0 Å². The second-order valence-electron chi connectivity index (χ2n) is 4.26. The molecule has 0 saturated carbocycles. The number of nitrogens with two attached hydrogens (primary N) is 1. The smallest absolute Gasteiger partial charge is 0.228 e. The van der Waals surface area contributed by atoms with Crippen LogP contribution in [0.15, 0.2) is 12.1 Å². The van der Waals surface area contributed by atoms with Crippen LogP contribution >= 0.6 is 23.2 Å². The third-order valence-electron chi connectivity index (χ3n) is 2.82. The van der Waals surface area contributed by atoms with Crippen LogP contribution < -0.4 is 11.1 Å². The number of nitrogens with one attached hydrogen (secondary N) is 1. The van der Waals surface area contributed by atoms with Crippen molar-refractivity contribution in [1.82, 2.24) is 0 Å². The molecule has 0 bridgehead atoms. The maximum atomic E-state index is 12.0.